The minimum atomic E-state index is 0.518. The molecule has 0 aromatic rings. The minimum Gasteiger partial charge on any atom is -0.378 e. The van der Waals surface area contributed by atoms with E-state index in [0.717, 1.165) is 26.2 Å². The fraction of sp³-hybridized carbons (Fsp3) is 1.00. The summed E-state index contributed by atoms with van der Waals surface area (Å²) < 4.78 is 5.67. The molecule has 0 spiro atoms. The summed E-state index contributed by atoms with van der Waals surface area (Å²) in [5.74, 6) is 0. The first-order valence-corrected chi connectivity index (χ1v) is 6.34. The van der Waals surface area contributed by atoms with Gasteiger partial charge in [-0.3, -0.25) is 0 Å². The highest BCUT2D eigenvalue weighted by Crippen LogP contribution is 2.14. The van der Waals surface area contributed by atoms with Crippen molar-refractivity contribution in [2.24, 2.45) is 0 Å². The lowest BCUT2D eigenvalue weighted by atomic mass is 10.1. The second-order valence-electron chi connectivity index (χ2n) is 4.64. The van der Waals surface area contributed by atoms with Gasteiger partial charge in [0.15, 0.2) is 0 Å². The standard InChI is InChI=1S/C12H26N2O/c1-11(2)14-9-8-13-7-6-12-5-3-4-10-15-12/h11-14H,3-10H2,1-2H3. The van der Waals surface area contributed by atoms with E-state index in [9.17, 15) is 0 Å². The Labute approximate surface area is 94.0 Å². The van der Waals surface area contributed by atoms with Crippen LogP contribution in [0.5, 0.6) is 0 Å². The Morgan fingerprint density at radius 2 is 2.07 bits per heavy atom. The average Bonchev–Trinajstić information content (AvgIpc) is 2.24. The van der Waals surface area contributed by atoms with E-state index in [2.05, 4.69) is 24.5 Å². The van der Waals surface area contributed by atoms with E-state index in [0.29, 0.717) is 12.1 Å². The number of hydrogen-bond acceptors (Lipinski definition) is 3. The molecule has 0 amide bonds. The Balaban J connectivity index is 1.83. The topological polar surface area (TPSA) is 33.3 Å². The molecular formula is C12H26N2O. The average molecular weight is 214 g/mol. The van der Waals surface area contributed by atoms with Gasteiger partial charge in [-0.25, -0.2) is 0 Å². The summed E-state index contributed by atoms with van der Waals surface area (Å²) in [5.41, 5.74) is 0. The maximum Gasteiger partial charge on any atom is 0.0587 e. The van der Waals surface area contributed by atoms with Gasteiger partial charge in [0.1, 0.15) is 0 Å². The van der Waals surface area contributed by atoms with Crippen LogP contribution in [0.15, 0.2) is 0 Å². The van der Waals surface area contributed by atoms with Crippen LogP contribution in [0.2, 0.25) is 0 Å². The van der Waals surface area contributed by atoms with Crippen LogP contribution < -0.4 is 10.6 Å². The molecule has 0 aromatic carbocycles. The highest BCUT2D eigenvalue weighted by Gasteiger charge is 2.12. The molecular weight excluding hydrogens is 188 g/mol. The quantitative estimate of drug-likeness (QED) is 0.631. The summed E-state index contributed by atoms with van der Waals surface area (Å²) >= 11 is 0. The third kappa shape index (κ3) is 6.88. The first-order chi connectivity index (χ1) is 7.29. The normalized spacial score (nSPS) is 22.2. The Hall–Kier alpha value is -0.120. The maximum atomic E-state index is 5.67. The van der Waals surface area contributed by atoms with Crippen LogP contribution in [0, 0.1) is 0 Å². The van der Waals surface area contributed by atoms with Gasteiger partial charge in [0, 0.05) is 25.7 Å². The number of ether oxygens (including phenoxy) is 1. The lowest BCUT2D eigenvalue weighted by Crippen LogP contribution is -2.33. The van der Waals surface area contributed by atoms with Crippen LogP contribution in [0.3, 0.4) is 0 Å². The van der Waals surface area contributed by atoms with Crippen molar-refractivity contribution in [3.05, 3.63) is 0 Å². The van der Waals surface area contributed by atoms with Crippen molar-refractivity contribution in [3.8, 4) is 0 Å². The van der Waals surface area contributed by atoms with E-state index in [1.807, 2.05) is 0 Å². The molecule has 2 N–H and O–H groups in total. The Morgan fingerprint density at radius 3 is 2.73 bits per heavy atom. The van der Waals surface area contributed by atoms with E-state index in [1.54, 1.807) is 0 Å². The minimum absolute atomic E-state index is 0.518. The monoisotopic (exact) mass is 214 g/mol. The molecule has 1 aliphatic heterocycles. The first kappa shape index (κ1) is 12.9. The zero-order chi connectivity index (χ0) is 10.9. The summed E-state index contributed by atoms with van der Waals surface area (Å²) in [4.78, 5) is 0. The van der Waals surface area contributed by atoms with Gasteiger partial charge in [-0.1, -0.05) is 13.8 Å². The molecule has 3 nitrogen and oxygen atoms in total. The van der Waals surface area contributed by atoms with Crippen LogP contribution in [0.4, 0.5) is 0 Å². The van der Waals surface area contributed by atoms with Gasteiger partial charge in [-0.2, -0.15) is 0 Å². The third-order valence-corrected chi connectivity index (χ3v) is 2.77. The Kier molecular flexibility index (Phi) is 6.98. The van der Waals surface area contributed by atoms with Crippen molar-refractivity contribution in [3.63, 3.8) is 0 Å². The third-order valence-electron chi connectivity index (χ3n) is 2.77. The van der Waals surface area contributed by atoms with Crippen LogP contribution in [0.1, 0.15) is 39.5 Å². The largest absolute Gasteiger partial charge is 0.378 e. The smallest absolute Gasteiger partial charge is 0.0587 e. The number of rotatable bonds is 7. The zero-order valence-electron chi connectivity index (χ0n) is 10.2. The molecule has 0 bridgehead atoms. The van der Waals surface area contributed by atoms with E-state index in [4.69, 9.17) is 4.74 Å². The lowest BCUT2D eigenvalue weighted by Gasteiger charge is -2.22. The predicted octanol–water partition coefficient (Wildman–Crippen LogP) is 1.53. The summed E-state index contributed by atoms with van der Waals surface area (Å²) in [6.45, 7) is 8.53. The van der Waals surface area contributed by atoms with E-state index in [-0.39, 0.29) is 0 Å². The van der Waals surface area contributed by atoms with Crippen molar-refractivity contribution in [2.75, 3.05) is 26.2 Å². The fourth-order valence-corrected chi connectivity index (χ4v) is 1.87. The van der Waals surface area contributed by atoms with Crippen molar-refractivity contribution in [1.29, 1.82) is 0 Å². The highest BCUT2D eigenvalue weighted by atomic mass is 16.5. The van der Waals surface area contributed by atoms with Crippen LogP contribution in [-0.2, 0) is 4.74 Å². The fourth-order valence-electron chi connectivity index (χ4n) is 1.87. The molecule has 0 radical (unpaired) electrons. The predicted molar refractivity (Wildman–Crippen MR) is 64.2 cm³/mol. The SMILES string of the molecule is CC(C)NCCNCCC1CCCCO1. The summed E-state index contributed by atoms with van der Waals surface area (Å²) in [6.07, 6.45) is 5.54. The molecule has 90 valence electrons. The van der Waals surface area contributed by atoms with Crippen LogP contribution in [0.25, 0.3) is 0 Å². The molecule has 1 rings (SSSR count). The highest BCUT2D eigenvalue weighted by molar-refractivity contribution is 4.65. The summed E-state index contributed by atoms with van der Waals surface area (Å²) in [7, 11) is 0. The molecule has 0 saturated carbocycles. The van der Waals surface area contributed by atoms with Gasteiger partial charge in [0.25, 0.3) is 0 Å². The molecule has 1 atom stereocenters. The molecule has 0 aliphatic carbocycles. The molecule has 1 fully saturated rings. The first-order valence-electron chi connectivity index (χ1n) is 6.34. The molecule has 1 saturated heterocycles. The molecule has 0 aromatic heterocycles. The van der Waals surface area contributed by atoms with Crippen molar-refractivity contribution >= 4 is 0 Å². The van der Waals surface area contributed by atoms with Gasteiger partial charge in [0.2, 0.25) is 0 Å². The van der Waals surface area contributed by atoms with Crippen molar-refractivity contribution < 1.29 is 4.74 Å². The summed E-state index contributed by atoms with van der Waals surface area (Å²) in [5, 5.41) is 6.84. The molecule has 1 unspecified atom stereocenters. The van der Waals surface area contributed by atoms with Crippen LogP contribution >= 0.6 is 0 Å². The number of hydrogen-bond donors (Lipinski definition) is 2. The molecule has 3 heteroatoms. The van der Waals surface area contributed by atoms with E-state index < -0.39 is 0 Å². The lowest BCUT2D eigenvalue weighted by molar-refractivity contribution is 0.0116. The van der Waals surface area contributed by atoms with E-state index >= 15 is 0 Å². The van der Waals surface area contributed by atoms with Gasteiger partial charge >= 0.3 is 0 Å². The van der Waals surface area contributed by atoms with Crippen LogP contribution in [-0.4, -0.2) is 38.4 Å². The summed E-state index contributed by atoms with van der Waals surface area (Å²) in [6, 6.07) is 0.591. The Bertz CT molecular complexity index is 145. The zero-order valence-corrected chi connectivity index (χ0v) is 10.2. The second-order valence-corrected chi connectivity index (χ2v) is 4.64. The van der Waals surface area contributed by atoms with Gasteiger partial charge < -0.3 is 15.4 Å². The molecule has 15 heavy (non-hydrogen) atoms. The number of nitrogens with one attached hydrogen (secondary N) is 2. The molecule has 1 aliphatic rings. The van der Waals surface area contributed by atoms with Crippen molar-refractivity contribution in [1.82, 2.24) is 10.6 Å². The Morgan fingerprint density at radius 1 is 1.20 bits per heavy atom. The van der Waals surface area contributed by atoms with Crippen molar-refractivity contribution in [2.45, 2.75) is 51.7 Å². The maximum absolute atomic E-state index is 5.67. The van der Waals surface area contributed by atoms with Gasteiger partial charge in [0.05, 0.1) is 6.10 Å². The van der Waals surface area contributed by atoms with Gasteiger partial charge in [-0.05, 0) is 32.2 Å². The molecule has 1 heterocycles. The second kappa shape index (κ2) is 8.08. The van der Waals surface area contributed by atoms with E-state index in [1.165, 1.54) is 25.7 Å². The van der Waals surface area contributed by atoms with Gasteiger partial charge in [-0.15, -0.1) is 0 Å².